The predicted octanol–water partition coefficient (Wildman–Crippen LogP) is 0.195. The number of hydrogen-bond donors (Lipinski definition) is 2. The monoisotopic (exact) mass is 228 g/mol. The summed E-state index contributed by atoms with van der Waals surface area (Å²) in [4.78, 5) is 2.30. The lowest BCUT2D eigenvalue weighted by molar-refractivity contribution is -0.105. The summed E-state index contributed by atoms with van der Waals surface area (Å²) in [6.45, 7) is 6.83. The van der Waals surface area contributed by atoms with E-state index in [0.29, 0.717) is 5.92 Å². The Balaban J connectivity index is 1.97. The van der Waals surface area contributed by atoms with Crippen molar-refractivity contribution < 1.29 is 9.84 Å². The maximum atomic E-state index is 9.53. The van der Waals surface area contributed by atoms with Gasteiger partial charge in [0.15, 0.2) is 0 Å². The first-order valence-electron chi connectivity index (χ1n) is 6.28. The highest BCUT2D eigenvalue weighted by atomic mass is 16.5. The van der Waals surface area contributed by atoms with Crippen LogP contribution in [0.1, 0.15) is 26.7 Å². The van der Waals surface area contributed by atoms with Crippen LogP contribution >= 0.6 is 0 Å². The van der Waals surface area contributed by atoms with Gasteiger partial charge in [-0.3, -0.25) is 4.90 Å². The van der Waals surface area contributed by atoms with E-state index >= 15 is 0 Å². The Labute approximate surface area is 97.7 Å². The Morgan fingerprint density at radius 3 is 2.69 bits per heavy atom. The second-order valence-electron chi connectivity index (χ2n) is 5.74. The maximum Gasteiger partial charge on any atom is 0.0753 e. The summed E-state index contributed by atoms with van der Waals surface area (Å²) < 4.78 is 5.68. The van der Waals surface area contributed by atoms with Gasteiger partial charge in [-0.1, -0.05) is 0 Å². The molecular formula is C12H24N2O2. The Kier molecular flexibility index (Phi) is 3.54. The van der Waals surface area contributed by atoms with Gasteiger partial charge < -0.3 is 15.6 Å². The summed E-state index contributed by atoms with van der Waals surface area (Å²) in [5.74, 6) is 0.628. The molecule has 2 atom stereocenters. The second-order valence-corrected chi connectivity index (χ2v) is 5.74. The number of aliphatic hydroxyl groups excluding tert-OH is 1. The van der Waals surface area contributed by atoms with Crippen molar-refractivity contribution in [3.8, 4) is 0 Å². The highest BCUT2D eigenvalue weighted by molar-refractivity contribution is 4.95. The van der Waals surface area contributed by atoms with Gasteiger partial charge in [-0.2, -0.15) is 0 Å². The van der Waals surface area contributed by atoms with Crippen molar-refractivity contribution in [1.29, 1.82) is 0 Å². The van der Waals surface area contributed by atoms with Gasteiger partial charge in [0.1, 0.15) is 0 Å². The minimum atomic E-state index is -0.116. The molecule has 2 unspecified atom stereocenters. The maximum absolute atomic E-state index is 9.53. The lowest BCUT2D eigenvalue weighted by Gasteiger charge is -2.43. The van der Waals surface area contributed by atoms with Crippen LogP contribution in [0.3, 0.4) is 0 Å². The van der Waals surface area contributed by atoms with Crippen LogP contribution in [0, 0.1) is 5.92 Å². The van der Waals surface area contributed by atoms with E-state index in [-0.39, 0.29) is 24.3 Å². The Bertz CT molecular complexity index is 241. The summed E-state index contributed by atoms with van der Waals surface area (Å²) >= 11 is 0. The third-order valence-electron chi connectivity index (χ3n) is 3.72. The minimum Gasteiger partial charge on any atom is -0.395 e. The summed E-state index contributed by atoms with van der Waals surface area (Å²) in [5.41, 5.74) is 6.09. The smallest absolute Gasteiger partial charge is 0.0753 e. The Morgan fingerprint density at radius 2 is 2.19 bits per heavy atom. The average Bonchev–Trinajstić information content (AvgIpc) is 3.00. The van der Waals surface area contributed by atoms with Crippen LogP contribution in [0.4, 0.5) is 0 Å². The van der Waals surface area contributed by atoms with Gasteiger partial charge >= 0.3 is 0 Å². The third-order valence-corrected chi connectivity index (χ3v) is 3.72. The number of nitrogens with zero attached hydrogens (tertiary/aromatic N) is 1. The number of rotatable bonds is 4. The van der Waals surface area contributed by atoms with Crippen molar-refractivity contribution in [2.24, 2.45) is 11.7 Å². The van der Waals surface area contributed by atoms with E-state index in [1.54, 1.807) is 0 Å². The van der Waals surface area contributed by atoms with Crippen molar-refractivity contribution >= 4 is 0 Å². The first-order valence-corrected chi connectivity index (χ1v) is 6.28. The fraction of sp³-hybridized carbons (Fsp3) is 1.00. The SMILES string of the molecule is CC1(C)CN(C(CO)C(N)C2CC2)CCO1. The normalized spacial score (nSPS) is 30.0. The molecule has 2 fully saturated rings. The number of aliphatic hydroxyl groups is 1. The van der Waals surface area contributed by atoms with E-state index in [1.165, 1.54) is 12.8 Å². The van der Waals surface area contributed by atoms with Crippen LogP contribution in [0.2, 0.25) is 0 Å². The molecule has 1 aliphatic carbocycles. The van der Waals surface area contributed by atoms with Gasteiger partial charge in [-0.25, -0.2) is 0 Å². The van der Waals surface area contributed by atoms with Crippen molar-refractivity contribution in [3.63, 3.8) is 0 Å². The van der Waals surface area contributed by atoms with Crippen LogP contribution in [-0.2, 0) is 4.74 Å². The molecule has 0 spiro atoms. The summed E-state index contributed by atoms with van der Waals surface area (Å²) in [6.07, 6.45) is 2.46. The molecule has 1 aliphatic heterocycles. The molecule has 16 heavy (non-hydrogen) atoms. The number of morpholine rings is 1. The topological polar surface area (TPSA) is 58.7 Å². The van der Waals surface area contributed by atoms with E-state index in [2.05, 4.69) is 18.7 Å². The van der Waals surface area contributed by atoms with Crippen LogP contribution in [0.25, 0.3) is 0 Å². The molecule has 1 saturated heterocycles. The first-order chi connectivity index (χ1) is 7.53. The van der Waals surface area contributed by atoms with E-state index in [9.17, 15) is 5.11 Å². The fourth-order valence-electron chi connectivity index (χ4n) is 2.61. The van der Waals surface area contributed by atoms with Crippen molar-refractivity contribution in [1.82, 2.24) is 4.90 Å². The van der Waals surface area contributed by atoms with E-state index < -0.39 is 0 Å². The molecule has 94 valence electrons. The molecule has 3 N–H and O–H groups in total. The molecule has 4 heteroatoms. The molecule has 0 amide bonds. The van der Waals surface area contributed by atoms with Crippen LogP contribution < -0.4 is 5.73 Å². The molecule has 0 aromatic rings. The van der Waals surface area contributed by atoms with Gasteiger partial charge in [-0.05, 0) is 32.6 Å². The Hall–Kier alpha value is -0.160. The molecule has 1 heterocycles. The van der Waals surface area contributed by atoms with Crippen LogP contribution in [-0.4, -0.2) is 54.0 Å². The van der Waals surface area contributed by atoms with Gasteiger partial charge in [0.2, 0.25) is 0 Å². The van der Waals surface area contributed by atoms with Crippen LogP contribution in [0.5, 0.6) is 0 Å². The fourth-order valence-corrected chi connectivity index (χ4v) is 2.61. The quantitative estimate of drug-likeness (QED) is 0.721. The lowest BCUT2D eigenvalue weighted by atomic mass is 9.99. The summed E-state index contributed by atoms with van der Waals surface area (Å²) in [7, 11) is 0. The standard InChI is InChI=1S/C12H24N2O2/c1-12(2)8-14(5-6-16-12)10(7-15)11(13)9-3-4-9/h9-11,15H,3-8,13H2,1-2H3. The van der Waals surface area contributed by atoms with Gasteiger partial charge in [-0.15, -0.1) is 0 Å². The third kappa shape index (κ3) is 2.74. The highest BCUT2D eigenvalue weighted by Crippen LogP contribution is 2.34. The Morgan fingerprint density at radius 1 is 1.50 bits per heavy atom. The number of ether oxygens (including phenoxy) is 1. The molecule has 1 saturated carbocycles. The van der Waals surface area contributed by atoms with E-state index in [1.807, 2.05) is 0 Å². The lowest BCUT2D eigenvalue weighted by Crippen LogP contribution is -2.58. The summed E-state index contributed by atoms with van der Waals surface area (Å²) in [6, 6.07) is 0.231. The highest BCUT2D eigenvalue weighted by Gasteiger charge is 2.39. The molecule has 0 aromatic carbocycles. The predicted molar refractivity (Wildman–Crippen MR) is 63.2 cm³/mol. The number of hydrogen-bond acceptors (Lipinski definition) is 4. The molecule has 2 rings (SSSR count). The number of nitrogens with two attached hydrogens (primary N) is 1. The molecular weight excluding hydrogens is 204 g/mol. The summed E-state index contributed by atoms with van der Waals surface area (Å²) in [5, 5.41) is 9.53. The zero-order chi connectivity index (χ0) is 11.8. The zero-order valence-corrected chi connectivity index (χ0v) is 10.4. The van der Waals surface area contributed by atoms with Crippen molar-refractivity contribution in [2.75, 3.05) is 26.3 Å². The molecule has 0 aromatic heterocycles. The molecule has 4 nitrogen and oxygen atoms in total. The molecule has 2 aliphatic rings. The van der Waals surface area contributed by atoms with Crippen molar-refractivity contribution in [2.45, 2.75) is 44.4 Å². The van der Waals surface area contributed by atoms with Gasteiger partial charge in [0.05, 0.1) is 18.8 Å². The van der Waals surface area contributed by atoms with E-state index in [0.717, 1.165) is 19.7 Å². The molecule has 0 radical (unpaired) electrons. The van der Waals surface area contributed by atoms with E-state index in [4.69, 9.17) is 10.5 Å². The second kappa shape index (κ2) is 4.61. The largest absolute Gasteiger partial charge is 0.395 e. The average molecular weight is 228 g/mol. The van der Waals surface area contributed by atoms with Crippen LogP contribution in [0.15, 0.2) is 0 Å². The minimum absolute atomic E-state index is 0.107. The van der Waals surface area contributed by atoms with Gasteiger partial charge in [0, 0.05) is 25.2 Å². The first kappa shape index (κ1) is 12.3. The van der Waals surface area contributed by atoms with Crippen molar-refractivity contribution in [3.05, 3.63) is 0 Å². The van der Waals surface area contributed by atoms with Gasteiger partial charge in [0.25, 0.3) is 0 Å². The molecule has 0 bridgehead atoms. The zero-order valence-electron chi connectivity index (χ0n) is 10.4.